The maximum absolute atomic E-state index is 3.99. The molecule has 0 aliphatic heterocycles. The standard InChI is InChI=1S/C6H9N2S/c1-5-6(3-7-2)9-4-8-5/h7H,3H2,1-2H3. The summed E-state index contributed by atoms with van der Waals surface area (Å²) < 4.78 is 0. The fourth-order valence-electron chi connectivity index (χ4n) is 0.607. The number of rotatable bonds is 2. The lowest BCUT2D eigenvalue weighted by Crippen LogP contribution is -2.04. The molecule has 1 radical (unpaired) electrons. The van der Waals surface area contributed by atoms with Crippen molar-refractivity contribution < 1.29 is 0 Å². The summed E-state index contributed by atoms with van der Waals surface area (Å²) in [6, 6.07) is 0. The molecule has 3 heteroatoms. The first-order chi connectivity index (χ1) is 4.34. The summed E-state index contributed by atoms with van der Waals surface area (Å²) in [7, 11) is 1.93. The van der Waals surface area contributed by atoms with E-state index in [0.29, 0.717) is 0 Å². The Hall–Kier alpha value is -0.410. The van der Waals surface area contributed by atoms with Gasteiger partial charge >= 0.3 is 0 Å². The summed E-state index contributed by atoms with van der Waals surface area (Å²) in [5.74, 6) is 0. The smallest absolute Gasteiger partial charge is 0.152 e. The highest BCUT2D eigenvalue weighted by Gasteiger charge is 1.97. The molecule has 2 nitrogen and oxygen atoms in total. The Kier molecular flexibility index (Phi) is 2.19. The van der Waals surface area contributed by atoms with E-state index < -0.39 is 0 Å². The minimum atomic E-state index is 0.910. The third-order valence-corrected chi connectivity index (χ3v) is 1.99. The molecule has 0 fully saturated rings. The maximum Gasteiger partial charge on any atom is 0.152 e. The van der Waals surface area contributed by atoms with E-state index in [0.717, 1.165) is 12.2 Å². The molecule has 9 heavy (non-hydrogen) atoms. The molecule has 1 rings (SSSR count). The molecule has 0 bridgehead atoms. The minimum Gasteiger partial charge on any atom is -0.315 e. The molecule has 0 aliphatic rings. The molecule has 0 saturated carbocycles. The van der Waals surface area contributed by atoms with Gasteiger partial charge in [0.05, 0.1) is 5.69 Å². The molecule has 0 aliphatic carbocycles. The van der Waals surface area contributed by atoms with E-state index >= 15 is 0 Å². The number of thiazole rings is 1. The predicted molar refractivity (Wildman–Crippen MR) is 38.5 cm³/mol. The quantitative estimate of drug-likeness (QED) is 0.664. The van der Waals surface area contributed by atoms with Crippen molar-refractivity contribution in [3.05, 3.63) is 16.1 Å². The zero-order chi connectivity index (χ0) is 6.69. The van der Waals surface area contributed by atoms with Crippen LogP contribution in [-0.4, -0.2) is 12.0 Å². The van der Waals surface area contributed by atoms with Gasteiger partial charge in [-0.1, -0.05) is 0 Å². The molecule has 1 aromatic heterocycles. The summed E-state index contributed by atoms with van der Waals surface area (Å²) in [6.07, 6.45) is 0. The highest BCUT2D eigenvalue weighted by atomic mass is 32.1. The van der Waals surface area contributed by atoms with Gasteiger partial charge in [-0.2, -0.15) is 0 Å². The van der Waals surface area contributed by atoms with Crippen molar-refractivity contribution in [2.24, 2.45) is 0 Å². The topological polar surface area (TPSA) is 24.9 Å². The summed E-state index contributed by atoms with van der Waals surface area (Å²) in [6.45, 7) is 2.91. The highest BCUT2D eigenvalue weighted by molar-refractivity contribution is 7.09. The molecule has 0 saturated heterocycles. The molecule has 0 spiro atoms. The Labute approximate surface area is 58.9 Å². The summed E-state index contributed by atoms with van der Waals surface area (Å²) in [5.41, 5.74) is 3.93. The van der Waals surface area contributed by atoms with Crippen molar-refractivity contribution in [3.8, 4) is 0 Å². The Morgan fingerprint density at radius 1 is 1.78 bits per heavy atom. The second-order valence-electron chi connectivity index (χ2n) is 1.84. The van der Waals surface area contributed by atoms with Gasteiger partial charge in [-0.05, 0) is 14.0 Å². The van der Waals surface area contributed by atoms with Crippen LogP contribution < -0.4 is 5.32 Å². The van der Waals surface area contributed by atoms with E-state index in [2.05, 4.69) is 15.8 Å². The molecular formula is C6H9N2S. The van der Waals surface area contributed by atoms with Crippen LogP contribution in [0, 0.1) is 12.4 Å². The second kappa shape index (κ2) is 2.94. The number of hydrogen-bond donors (Lipinski definition) is 1. The monoisotopic (exact) mass is 141 g/mol. The van der Waals surface area contributed by atoms with Crippen LogP contribution in [0.3, 0.4) is 0 Å². The zero-order valence-corrected chi connectivity index (χ0v) is 6.38. The van der Waals surface area contributed by atoms with E-state index in [1.807, 2.05) is 14.0 Å². The number of nitrogens with one attached hydrogen (secondary N) is 1. The predicted octanol–water partition coefficient (Wildman–Crippen LogP) is 0.971. The average molecular weight is 141 g/mol. The SMILES string of the molecule is CNCc1s[c]nc1C. The lowest BCUT2D eigenvalue weighted by molar-refractivity contribution is 0.822. The molecule has 49 valence electrons. The van der Waals surface area contributed by atoms with Gasteiger partial charge in [0.15, 0.2) is 5.51 Å². The minimum absolute atomic E-state index is 0.910. The number of hydrogen-bond acceptors (Lipinski definition) is 3. The Balaban J connectivity index is 2.69. The van der Waals surface area contributed by atoms with Crippen LogP contribution in [-0.2, 0) is 6.54 Å². The molecule has 0 atom stereocenters. The fraction of sp³-hybridized carbons (Fsp3) is 0.500. The van der Waals surface area contributed by atoms with Crippen LogP contribution >= 0.6 is 11.3 Å². The van der Waals surface area contributed by atoms with Crippen LogP contribution in [0.1, 0.15) is 10.6 Å². The van der Waals surface area contributed by atoms with Gasteiger partial charge in [-0.3, -0.25) is 0 Å². The molecule has 1 N–H and O–H groups in total. The van der Waals surface area contributed by atoms with Gasteiger partial charge in [-0.15, -0.1) is 11.3 Å². The Morgan fingerprint density at radius 3 is 3.00 bits per heavy atom. The highest BCUT2D eigenvalue weighted by Crippen LogP contribution is 2.09. The number of aryl methyl sites for hydroxylation is 1. The lowest BCUT2D eigenvalue weighted by atomic mass is 10.4. The normalized spacial score (nSPS) is 10.0. The van der Waals surface area contributed by atoms with Crippen LogP contribution in [0.2, 0.25) is 0 Å². The van der Waals surface area contributed by atoms with Crippen molar-refractivity contribution in [1.29, 1.82) is 0 Å². The molecule has 1 heterocycles. The van der Waals surface area contributed by atoms with E-state index in [-0.39, 0.29) is 0 Å². The summed E-state index contributed by atoms with van der Waals surface area (Å²) in [4.78, 5) is 5.26. The van der Waals surface area contributed by atoms with Crippen molar-refractivity contribution in [2.45, 2.75) is 13.5 Å². The molecule has 0 aromatic carbocycles. The van der Waals surface area contributed by atoms with E-state index in [1.165, 1.54) is 4.88 Å². The van der Waals surface area contributed by atoms with Crippen LogP contribution in [0.4, 0.5) is 0 Å². The van der Waals surface area contributed by atoms with E-state index in [9.17, 15) is 0 Å². The number of nitrogens with zero attached hydrogens (tertiary/aromatic N) is 1. The largest absolute Gasteiger partial charge is 0.315 e. The van der Waals surface area contributed by atoms with Crippen LogP contribution in [0.25, 0.3) is 0 Å². The third kappa shape index (κ3) is 1.50. The van der Waals surface area contributed by atoms with E-state index in [4.69, 9.17) is 0 Å². The zero-order valence-electron chi connectivity index (χ0n) is 5.56. The molecule has 1 aromatic rings. The lowest BCUT2D eigenvalue weighted by Gasteiger charge is -1.92. The average Bonchev–Trinajstić information content (AvgIpc) is 2.18. The van der Waals surface area contributed by atoms with E-state index in [1.54, 1.807) is 11.3 Å². The van der Waals surface area contributed by atoms with Crippen molar-refractivity contribution >= 4 is 11.3 Å². The third-order valence-electron chi connectivity index (χ3n) is 1.12. The number of aromatic nitrogens is 1. The maximum atomic E-state index is 3.99. The first kappa shape index (κ1) is 6.71. The molecular weight excluding hydrogens is 132 g/mol. The Morgan fingerprint density at radius 2 is 2.56 bits per heavy atom. The van der Waals surface area contributed by atoms with Gasteiger partial charge in [0.2, 0.25) is 0 Å². The second-order valence-corrected chi connectivity index (χ2v) is 2.72. The van der Waals surface area contributed by atoms with Gasteiger partial charge < -0.3 is 5.32 Å². The first-order valence-electron chi connectivity index (χ1n) is 2.81. The van der Waals surface area contributed by atoms with Crippen molar-refractivity contribution in [1.82, 2.24) is 10.3 Å². The van der Waals surface area contributed by atoms with Gasteiger partial charge in [0, 0.05) is 11.4 Å². The van der Waals surface area contributed by atoms with Crippen LogP contribution in [0.15, 0.2) is 0 Å². The fourth-order valence-corrected chi connectivity index (χ4v) is 1.31. The summed E-state index contributed by atoms with van der Waals surface area (Å²) >= 11 is 1.58. The van der Waals surface area contributed by atoms with Crippen molar-refractivity contribution in [2.75, 3.05) is 7.05 Å². The van der Waals surface area contributed by atoms with Crippen molar-refractivity contribution in [3.63, 3.8) is 0 Å². The van der Waals surface area contributed by atoms with Gasteiger partial charge in [0.25, 0.3) is 0 Å². The van der Waals surface area contributed by atoms with Crippen LogP contribution in [0.5, 0.6) is 0 Å². The van der Waals surface area contributed by atoms with Gasteiger partial charge in [-0.25, -0.2) is 4.98 Å². The van der Waals surface area contributed by atoms with Gasteiger partial charge in [0.1, 0.15) is 0 Å². The molecule has 0 amide bonds. The summed E-state index contributed by atoms with van der Waals surface area (Å²) in [5, 5.41) is 3.06. The molecule has 0 unspecified atom stereocenters. The first-order valence-corrected chi connectivity index (χ1v) is 3.63. The Bertz CT molecular complexity index is 183.